The molecule has 0 saturated heterocycles. The lowest BCUT2D eigenvalue weighted by atomic mass is 9.85. The molecule has 1 aromatic carbocycles. The maximum atomic E-state index is 5.93. The van der Waals surface area contributed by atoms with Crippen molar-refractivity contribution in [2.24, 2.45) is 5.92 Å². The van der Waals surface area contributed by atoms with Crippen molar-refractivity contribution in [2.75, 3.05) is 5.73 Å². The van der Waals surface area contributed by atoms with Gasteiger partial charge in [-0.25, -0.2) is 4.98 Å². The zero-order chi connectivity index (χ0) is 13.7. The second kappa shape index (κ2) is 4.51. The van der Waals surface area contributed by atoms with E-state index in [4.69, 9.17) is 10.7 Å². The molecule has 106 valence electrons. The van der Waals surface area contributed by atoms with Gasteiger partial charge in [-0.15, -0.1) is 0 Å². The Labute approximate surface area is 120 Å². The molecule has 0 aliphatic heterocycles. The average molecular weight is 269 g/mol. The van der Waals surface area contributed by atoms with Crippen LogP contribution < -0.4 is 5.73 Å². The minimum atomic E-state index is 0.632. The molecular weight excluding hydrogens is 246 g/mol. The van der Waals surface area contributed by atoms with Gasteiger partial charge < -0.3 is 10.3 Å². The molecule has 3 nitrogen and oxygen atoms in total. The van der Waals surface area contributed by atoms with Crippen LogP contribution in [-0.4, -0.2) is 9.55 Å². The van der Waals surface area contributed by atoms with E-state index in [1.165, 1.54) is 49.9 Å². The number of fused-ring (bicyclic) bond motifs is 1. The summed E-state index contributed by atoms with van der Waals surface area (Å²) in [5, 5.41) is 0. The standard InChI is InChI=1S/C17H23N3/c1-11-4-2-3-5-15(11)20-16-9-8-13(18)10-14(16)19-17(20)12-6-7-12/h8-12,15H,2-7,18H2,1H3. The van der Waals surface area contributed by atoms with E-state index in [0.29, 0.717) is 12.0 Å². The van der Waals surface area contributed by atoms with E-state index in [1.54, 1.807) is 0 Å². The van der Waals surface area contributed by atoms with Crippen molar-refractivity contribution in [1.82, 2.24) is 9.55 Å². The van der Waals surface area contributed by atoms with Crippen molar-refractivity contribution >= 4 is 16.7 Å². The van der Waals surface area contributed by atoms with Crippen molar-refractivity contribution < 1.29 is 0 Å². The molecule has 3 heteroatoms. The third-order valence-corrected chi connectivity index (χ3v) is 5.08. The molecule has 0 amide bonds. The molecule has 2 atom stereocenters. The SMILES string of the molecule is CC1CCCCC1n1c(C2CC2)nc2cc(N)ccc21. The lowest BCUT2D eigenvalue weighted by Crippen LogP contribution is -2.22. The summed E-state index contributed by atoms with van der Waals surface area (Å²) < 4.78 is 2.57. The molecule has 2 N–H and O–H groups in total. The number of hydrogen-bond acceptors (Lipinski definition) is 2. The highest BCUT2D eigenvalue weighted by molar-refractivity contribution is 5.80. The third kappa shape index (κ3) is 1.91. The first-order valence-corrected chi connectivity index (χ1v) is 8.01. The number of nitrogens with two attached hydrogens (primary N) is 1. The summed E-state index contributed by atoms with van der Waals surface area (Å²) in [5.74, 6) is 2.78. The molecule has 2 fully saturated rings. The Morgan fingerprint density at radius 1 is 1.15 bits per heavy atom. The molecular formula is C17H23N3. The smallest absolute Gasteiger partial charge is 0.113 e. The number of rotatable bonds is 2. The van der Waals surface area contributed by atoms with Gasteiger partial charge in [0.1, 0.15) is 5.82 Å². The quantitative estimate of drug-likeness (QED) is 0.828. The zero-order valence-electron chi connectivity index (χ0n) is 12.2. The molecule has 1 heterocycles. The zero-order valence-corrected chi connectivity index (χ0v) is 12.2. The summed E-state index contributed by atoms with van der Waals surface area (Å²) in [6.45, 7) is 2.41. The van der Waals surface area contributed by atoms with Crippen molar-refractivity contribution in [3.8, 4) is 0 Å². The highest BCUT2D eigenvalue weighted by Gasteiger charge is 2.34. The van der Waals surface area contributed by atoms with Gasteiger partial charge >= 0.3 is 0 Å². The number of nitrogens with zero attached hydrogens (tertiary/aromatic N) is 2. The van der Waals surface area contributed by atoms with Crippen molar-refractivity contribution in [1.29, 1.82) is 0 Å². The van der Waals surface area contributed by atoms with Crippen LogP contribution in [0.5, 0.6) is 0 Å². The van der Waals surface area contributed by atoms with Crippen LogP contribution in [-0.2, 0) is 0 Å². The number of anilines is 1. The molecule has 2 aliphatic carbocycles. The summed E-state index contributed by atoms with van der Waals surface area (Å²) in [5.41, 5.74) is 9.13. The minimum Gasteiger partial charge on any atom is -0.399 e. The molecule has 0 radical (unpaired) electrons. The van der Waals surface area contributed by atoms with Gasteiger partial charge in [-0.2, -0.15) is 0 Å². The highest BCUT2D eigenvalue weighted by Crippen LogP contribution is 2.45. The fourth-order valence-electron chi connectivity index (χ4n) is 3.79. The lowest BCUT2D eigenvalue weighted by Gasteiger charge is -2.31. The fourth-order valence-corrected chi connectivity index (χ4v) is 3.79. The maximum Gasteiger partial charge on any atom is 0.113 e. The molecule has 1 aromatic heterocycles. The van der Waals surface area contributed by atoms with E-state index in [0.717, 1.165) is 17.1 Å². The first-order valence-electron chi connectivity index (χ1n) is 8.01. The predicted molar refractivity (Wildman–Crippen MR) is 82.8 cm³/mol. The van der Waals surface area contributed by atoms with Gasteiger partial charge in [0, 0.05) is 17.6 Å². The molecule has 2 unspecified atom stereocenters. The van der Waals surface area contributed by atoms with Crippen molar-refractivity contribution in [2.45, 2.75) is 57.4 Å². The largest absolute Gasteiger partial charge is 0.399 e. The van der Waals surface area contributed by atoms with E-state index >= 15 is 0 Å². The van der Waals surface area contributed by atoms with Gasteiger partial charge in [0.2, 0.25) is 0 Å². The minimum absolute atomic E-state index is 0.632. The highest BCUT2D eigenvalue weighted by atomic mass is 15.1. The van der Waals surface area contributed by atoms with Gasteiger partial charge in [0.05, 0.1) is 11.0 Å². The van der Waals surface area contributed by atoms with Gasteiger partial charge in [-0.05, 0) is 49.8 Å². The maximum absolute atomic E-state index is 5.93. The molecule has 2 saturated carbocycles. The van der Waals surface area contributed by atoms with E-state index in [-0.39, 0.29) is 0 Å². The number of imidazole rings is 1. The summed E-state index contributed by atoms with van der Waals surface area (Å²) in [7, 11) is 0. The lowest BCUT2D eigenvalue weighted by molar-refractivity contribution is 0.257. The number of benzene rings is 1. The number of aromatic nitrogens is 2. The van der Waals surface area contributed by atoms with Crippen LogP contribution in [0.2, 0.25) is 0 Å². The number of nitrogen functional groups attached to an aromatic ring is 1. The van der Waals surface area contributed by atoms with Crippen LogP contribution in [0.3, 0.4) is 0 Å². The van der Waals surface area contributed by atoms with Gasteiger partial charge in [0.15, 0.2) is 0 Å². The predicted octanol–water partition coefficient (Wildman–Crippen LogP) is 4.25. The summed E-state index contributed by atoms with van der Waals surface area (Å²) in [6.07, 6.45) is 8.00. The second-order valence-electron chi connectivity index (χ2n) is 6.69. The van der Waals surface area contributed by atoms with Crippen LogP contribution in [0.25, 0.3) is 11.0 Å². The van der Waals surface area contributed by atoms with E-state index in [9.17, 15) is 0 Å². The molecule has 2 aliphatic rings. The summed E-state index contributed by atoms with van der Waals surface area (Å²) in [4.78, 5) is 4.93. The van der Waals surface area contributed by atoms with Crippen LogP contribution in [0, 0.1) is 5.92 Å². The van der Waals surface area contributed by atoms with Crippen molar-refractivity contribution in [3.63, 3.8) is 0 Å². The van der Waals surface area contributed by atoms with Gasteiger partial charge in [-0.3, -0.25) is 0 Å². The van der Waals surface area contributed by atoms with Crippen LogP contribution in [0.1, 0.15) is 63.2 Å². The molecule has 0 spiro atoms. The Balaban J connectivity index is 1.88. The third-order valence-electron chi connectivity index (χ3n) is 5.08. The first-order chi connectivity index (χ1) is 9.74. The Bertz CT molecular complexity index is 639. The molecule has 4 rings (SSSR count). The van der Waals surface area contributed by atoms with E-state index < -0.39 is 0 Å². The summed E-state index contributed by atoms with van der Waals surface area (Å²) >= 11 is 0. The first kappa shape index (κ1) is 12.2. The fraction of sp³-hybridized carbons (Fsp3) is 0.588. The van der Waals surface area contributed by atoms with Gasteiger partial charge in [0.25, 0.3) is 0 Å². The van der Waals surface area contributed by atoms with Crippen LogP contribution in [0.4, 0.5) is 5.69 Å². The monoisotopic (exact) mass is 269 g/mol. The Kier molecular flexibility index (Phi) is 2.76. The Hall–Kier alpha value is -1.51. The van der Waals surface area contributed by atoms with E-state index in [1.807, 2.05) is 12.1 Å². The van der Waals surface area contributed by atoms with E-state index in [2.05, 4.69) is 17.6 Å². The molecule has 0 bridgehead atoms. The molecule has 20 heavy (non-hydrogen) atoms. The van der Waals surface area contributed by atoms with Crippen LogP contribution in [0.15, 0.2) is 18.2 Å². The molecule has 2 aromatic rings. The van der Waals surface area contributed by atoms with Crippen molar-refractivity contribution in [3.05, 3.63) is 24.0 Å². The topological polar surface area (TPSA) is 43.8 Å². The Morgan fingerprint density at radius 3 is 2.70 bits per heavy atom. The van der Waals surface area contributed by atoms with Gasteiger partial charge in [-0.1, -0.05) is 19.8 Å². The second-order valence-corrected chi connectivity index (χ2v) is 6.69. The van der Waals surface area contributed by atoms with Crippen LogP contribution >= 0.6 is 0 Å². The normalized spacial score (nSPS) is 27.1. The average Bonchev–Trinajstić information content (AvgIpc) is 3.21. The summed E-state index contributed by atoms with van der Waals surface area (Å²) in [6, 6.07) is 6.86. The Morgan fingerprint density at radius 2 is 1.95 bits per heavy atom. The number of hydrogen-bond donors (Lipinski definition) is 1.